The van der Waals surface area contributed by atoms with E-state index in [0.717, 1.165) is 19.3 Å². The van der Waals surface area contributed by atoms with Crippen molar-refractivity contribution in [3.8, 4) is 0 Å². The molecule has 0 aromatic rings. The van der Waals surface area contributed by atoms with Crippen LogP contribution in [0.1, 0.15) is 78.1 Å². The zero-order chi connectivity index (χ0) is 16.1. The first kappa shape index (κ1) is 24.3. The predicted molar refractivity (Wildman–Crippen MR) is 88.4 cm³/mol. The molecule has 0 saturated carbocycles. The van der Waals surface area contributed by atoms with Crippen LogP contribution in [0, 0.1) is 0 Å². The minimum absolute atomic E-state index is 0. The average molecular weight is 324 g/mol. The summed E-state index contributed by atoms with van der Waals surface area (Å²) >= 11 is 0. The Bertz CT molecular complexity index is 298. The normalized spacial score (nSPS) is 13.1. The Hall–Kier alpha value is 0.0600. The van der Waals surface area contributed by atoms with E-state index in [1.165, 1.54) is 45.4 Å². The summed E-state index contributed by atoms with van der Waals surface area (Å²) < 4.78 is 4.58. The van der Waals surface area contributed by atoms with E-state index in [4.69, 9.17) is 10.8 Å². The summed E-state index contributed by atoms with van der Waals surface area (Å²) in [6, 6.07) is -1.16. The third-order valence-electron chi connectivity index (χ3n) is 3.49. The molecular weight excluding hydrogens is 293 g/mol. The van der Waals surface area contributed by atoms with Crippen molar-refractivity contribution < 1.29 is 19.4 Å². The maximum absolute atomic E-state index is 11.4. The Morgan fingerprint density at radius 2 is 1.45 bits per heavy atom. The first-order chi connectivity index (χ1) is 9.99. The van der Waals surface area contributed by atoms with Gasteiger partial charge in [0.2, 0.25) is 0 Å². The number of carbonyl (C=O) groups is 2. The summed E-state index contributed by atoms with van der Waals surface area (Å²) in [6.07, 6.45) is 9.66. The second kappa shape index (κ2) is 15.9. The summed E-state index contributed by atoms with van der Waals surface area (Å²) in [4.78, 5) is 22.7. The fourth-order valence-corrected chi connectivity index (χ4v) is 2.01. The fourth-order valence-electron chi connectivity index (χ4n) is 2.01. The number of aliphatic hydroxyl groups is 1. The second-order valence-corrected chi connectivity index (χ2v) is 5.64. The minimum atomic E-state index is -1.16. The molecule has 0 aliphatic heterocycles. The van der Waals surface area contributed by atoms with Crippen LogP contribution in [0.15, 0.2) is 0 Å². The Labute approximate surface area is 156 Å². The van der Waals surface area contributed by atoms with Crippen LogP contribution < -0.4 is 5.73 Å². The van der Waals surface area contributed by atoms with Gasteiger partial charge in [-0.3, -0.25) is 4.79 Å². The van der Waals surface area contributed by atoms with E-state index in [2.05, 4.69) is 11.7 Å². The Balaban J connectivity index is 0. The maximum Gasteiger partial charge on any atom is 0.333 e. The van der Waals surface area contributed by atoms with Gasteiger partial charge in [-0.25, -0.2) is 4.79 Å². The molecule has 125 valence electrons. The van der Waals surface area contributed by atoms with Crippen molar-refractivity contribution >= 4 is 41.5 Å². The molecule has 1 radical (unpaired) electrons. The monoisotopic (exact) mass is 324 g/mol. The van der Waals surface area contributed by atoms with Crippen LogP contribution in [0.25, 0.3) is 0 Å². The number of hydrogen-bond donors (Lipinski definition) is 2. The molecule has 0 aliphatic carbocycles. The average Bonchev–Trinajstić information content (AvgIpc) is 2.44. The molecule has 3 N–H and O–H groups in total. The van der Waals surface area contributed by atoms with E-state index < -0.39 is 24.1 Å². The molecule has 0 aliphatic rings. The van der Waals surface area contributed by atoms with E-state index in [1.54, 1.807) is 0 Å². The molecule has 0 saturated heterocycles. The van der Waals surface area contributed by atoms with Gasteiger partial charge in [-0.05, 0) is 13.3 Å². The summed E-state index contributed by atoms with van der Waals surface area (Å²) in [6.45, 7) is 3.59. The molecular formula is C16H31NNaO4. The number of hydrogen-bond acceptors (Lipinski definition) is 5. The van der Waals surface area contributed by atoms with Gasteiger partial charge >= 0.3 is 11.9 Å². The largest absolute Gasteiger partial charge is 0.392 e. The van der Waals surface area contributed by atoms with Crippen molar-refractivity contribution in [2.45, 2.75) is 90.2 Å². The number of ether oxygens (including phenoxy) is 1. The van der Waals surface area contributed by atoms with E-state index in [1.807, 2.05) is 0 Å². The van der Waals surface area contributed by atoms with Gasteiger partial charge < -0.3 is 15.6 Å². The molecule has 0 spiro atoms. The molecule has 6 heteroatoms. The molecule has 5 nitrogen and oxygen atoms in total. The number of nitrogens with two attached hydrogens (primary N) is 1. The molecule has 0 rings (SSSR count). The quantitative estimate of drug-likeness (QED) is 0.249. The number of rotatable bonds is 12. The standard InChI is InChI=1S/C16H31NO4.Na/c1-3-4-5-6-7-8-9-10-11-12-14(19)21-16(20)15(17)13(2)18;/h13,15,18H,3-12,17H2,1-2H3;/t13-,15+;/m1./s1. The molecule has 0 amide bonds. The van der Waals surface area contributed by atoms with Crippen LogP contribution in [-0.2, 0) is 14.3 Å². The minimum Gasteiger partial charge on any atom is -0.392 e. The topological polar surface area (TPSA) is 89.6 Å². The van der Waals surface area contributed by atoms with Gasteiger partial charge in [-0.2, -0.15) is 0 Å². The molecule has 0 heterocycles. The smallest absolute Gasteiger partial charge is 0.333 e. The van der Waals surface area contributed by atoms with Crippen molar-refractivity contribution in [3.63, 3.8) is 0 Å². The van der Waals surface area contributed by atoms with E-state index in [-0.39, 0.29) is 36.0 Å². The van der Waals surface area contributed by atoms with Crippen molar-refractivity contribution in [1.82, 2.24) is 0 Å². The molecule has 2 atom stereocenters. The number of aliphatic hydroxyl groups excluding tert-OH is 1. The first-order valence-corrected chi connectivity index (χ1v) is 8.17. The third-order valence-corrected chi connectivity index (χ3v) is 3.49. The Morgan fingerprint density at radius 3 is 1.91 bits per heavy atom. The van der Waals surface area contributed by atoms with Crippen LogP contribution in [-0.4, -0.2) is 58.7 Å². The first-order valence-electron chi connectivity index (χ1n) is 8.17. The van der Waals surface area contributed by atoms with Gasteiger partial charge in [0.05, 0.1) is 6.10 Å². The van der Waals surface area contributed by atoms with Gasteiger partial charge in [-0.1, -0.05) is 58.3 Å². The predicted octanol–water partition coefficient (Wildman–Crippen LogP) is 2.30. The van der Waals surface area contributed by atoms with Crippen molar-refractivity contribution in [2.75, 3.05) is 0 Å². The van der Waals surface area contributed by atoms with Crippen LogP contribution in [0.5, 0.6) is 0 Å². The van der Waals surface area contributed by atoms with Crippen molar-refractivity contribution in [2.24, 2.45) is 5.73 Å². The molecule has 0 bridgehead atoms. The number of carbonyl (C=O) groups excluding carboxylic acids is 2. The number of unbranched alkanes of at least 4 members (excludes halogenated alkanes) is 8. The van der Waals surface area contributed by atoms with E-state index in [9.17, 15) is 9.59 Å². The maximum atomic E-state index is 11.4. The van der Waals surface area contributed by atoms with Gasteiger partial charge in [0.25, 0.3) is 0 Å². The molecule has 22 heavy (non-hydrogen) atoms. The Kier molecular flexibility index (Phi) is 17.6. The molecule has 0 unspecified atom stereocenters. The van der Waals surface area contributed by atoms with Crippen molar-refractivity contribution in [3.05, 3.63) is 0 Å². The van der Waals surface area contributed by atoms with Gasteiger partial charge in [-0.15, -0.1) is 0 Å². The SMILES string of the molecule is CCCCCCCCCCCC(=O)OC(=O)[C@@H](N)[C@@H](C)O.[Na]. The van der Waals surface area contributed by atoms with Crippen LogP contribution in [0.4, 0.5) is 0 Å². The summed E-state index contributed by atoms with van der Waals surface area (Å²) in [5, 5.41) is 9.12. The van der Waals surface area contributed by atoms with Crippen LogP contribution in [0.2, 0.25) is 0 Å². The summed E-state index contributed by atoms with van der Waals surface area (Å²) in [5.41, 5.74) is 5.38. The van der Waals surface area contributed by atoms with E-state index >= 15 is 0 Å². The second-order valence-electron chi connectivity index (χ2n) is 5.64. The molecule has 0 aromatic heterocycles. The van der Waals surface area contributed by atoms with Gasteiger partial charge in [0.15, 0.2) is 0 Å². The molecule has 0 fully saturated rings. The Morgan fingerprint density at radius 1 is 1.00 bits per heavy atom. The van der Waals surface area contributed by atoms with Crippen molar-refractivity contribution in [1.29, 1.82) is 0 Å². The molecule has 0 aromatic carbocycles. The van der Waals surface area contributed by atoms with Gasteiger partial charge in [0.1, 0.15) is 6.04 Å². The zero-order valence-electron chi connectivity index (χ0n) is 14.5. The van der Waals surface area contributed by atoms with Crippen LogP contribution >= 0.6 is 0 Å². The fraction of sp³-hybridized carbons (Fsp3) is 0.875. The van der Waals surface area contributed by atoms with Crippen LogP contribution in [0.3, 0.4) is 0 Å². The third kappa shape index (κ3) is 13.7. The number of esters is 2. The van der Waals surface area contributed by atoms with E-state index in [0.29, 0.717) is 0 Å². The zero-order valence-corrected chi connectivity index (χ0v) is 16.5. The summed E-state index contributed by atoms with van der Waals surface area (Å²) in [7, 11) is 0. The van der Waals surface area contributed by atoms with Gasteiger partial charge in [0, 0.05) is 36.0 Å². The summed E-state index contributed by atoms with van der Waals surface area (Å²) in [5.74, 6) is -1.41.